The second kappa shape index (κ2) is 10.4. The molecule has 168 valence electrons. The molecule has 0 saturated carbocycles. The summed E-state index contributed by atoms with van der Waals surface area (Å²) in [6, 6.07) is 10.3. The predicted octanol–water partition coefficient (Wildman–Crippen LogP) is 2.05. The van der Waals surface area contributed by atoms with Crippen LogP contribution in [0, 0.1) is 0 Å². The van der Waals surface area contributed by atoms with Crippen molar-refractivity contribution < 1.29 is 18.0 Å². The molecule has 3 rings (SSSR count). The maximum absolute atomic E-state index is 12.6. The zero-order valence-electron chi connectivity index (χ0n) is 17.9. The van der Waals surface area contributed by atoms with Gasteiger partial charge < -0.3 is 10.2 Å². The van der Waals surface area contributed by atoms with Gasteiger partial charge in [0.05, 0.1) is 21.4 Å². The summed E-state index contributed by atoms with van der Waals surface area (Å²) in [6.07, 6.45) is 0.263. The van der Waals surface area contributed by atoms with Gasteiger partial charge >= 0.3 is 0 Å². The molecule has 1 aliphatic rings. The van der Waals surface area contributed by atoms with Gasteiger partial charge in [-0.2, -0.15) is 0 Å². The highest BCUT2D eigenvalue weighted by atomic mass is 32.2. The van der Waals surface area contributed by atoms with Crippen LogP contribution in [0.15, 0.2) is 46.7 Å². The first-order chi connectivity index (χ1) is 14.8. The van der Waals surface area contributed by atoms with Crippen LogP contribution in [0.1, 0.15) is 29.1 Å². The zero-order valence-corrected chi connectivity index (χ0v) is 19.5. The maximum Gasteiger partial charge on any atom is 0.261 e. The quantitative estimate of drug-likeness (QED) is 0.648. The third-order valence-electron chi connectivity index (χ3n) is 5.41. The SMILES string of the molecule is CC(C)S(=O)(=O)c1ccc(CC(=O)N2CCN(CCNC(=O)c3cccs3)CC2)cc1. The number of carbonyl (C=O) groups excluding carboxylic acids is 2. The Bertz CT molecular complexity index is 978. The van der Waals surface area contributed by atoms with Gasteiger partial charge in [0.1, 0.15) is 0 Å². The van der Waals surface area contributed by atoms with Crippen LogP contribution in [-0.4, -0.2) is 74.6 Å². The molecule has 2 aromatic rings. The predicted molar refractivity (Wildman–Crippen MR) is 122 cm³/mol. The van der Waals surface area contributed by atoms with E-state index in [9.17, 15) is 18.0 Å². The smallest absolute Gasteiger partial charge is 0.261 e. The van der Waals surface area contributed by atoms with Crippen LogP contribution in [-0.2, 0) is 21.1 Å². The fourth-order valence-electron chi connectivity index (χ4n) is 3.40. The highest BCUT2D eigenvalue weighted by molar-refractivity contribution is 7.92. The van der Waals surface area contributed by atoms with Crippen molar-refractivity contribution in [2.45, 2.75) is 30.4 Å². The van der Waals surface area contributed by atoms with E-state index in [0.29, 0.717) is 29.4 Å². The molecule has 0 spiro atoms. The minimum absolute atomic E-state index is 0.0453. The second-order valence-electron chi connectivity index (χ2n) is 7.87. The van der Waals surface area contributed by atoms with E-state index in [1.165, 1.54) is 11.3 Å². The van der Waals surface area contributed by atoms with Crippen LogP contribution in [0.4, 0.5) is 0 Å². The first kappa shape index (κ1) is 23.4. The van der Waals surface area contributed by atoms with Crippen molar-refractivity contribution in [1.29, 1.82) is 0 Å². The number of sulfone groups is 1. The van der Waals surface area contributed by atoms with E-state index in [4.69, 9.17) is 0 Å². The van der Waals surface area contributed by atoms with Crippen LogP contribution in [0.5, 0.6) is 0 Å². The molecule has 2 amide bonds. The zero-order chi connectivity index (χ0) is 22.4. The van der Waals surface area contributed by atoms with Crippen molar-refractivity contribution in [3.8, 4) is 0 Å². The van der Waals surface area contributed by atoms with Gasteiger partial charge in [-0.25, -0.2) is 8.42 Å². The number of hydrogen-bond acceptors (Lipinski definition) is 6. The van der Waals surface area contributed by atoms with Gasteiger partial charge in [0, 0.05) is 39.3 Å². The number of hydrogen-bond donors (Lipinski definition) is 1. The summed E-state index contributed by atoms with van der Waals surface area (Å²) in [4.78, 5) is 29.7. The van der Waals surface area contributed by atoms with Gasteiger partial charge in [-0.3, -0.25) is 14.5 Å². The molecule has 0 radical (unpaired) electrons. The Morgan fingerprint density at radius 3 is 2.32 bits per heavy atom. The van der Waals surface area contributed by atoms with Crippen LogP contribution < -0.4 is 5.32 Å². The fourth-order valence-corrected chi connectivity index (χ4v) is 5.10. The summed E-state index contributed by atoms with van der Waals surface area (Å²) >= 11 is 1.42. The molecule has 1 aliphatic heterocycles. The molecule has 1 N–H and O–H groups in total. The van der Waals surface area contributed by atoms with Crippen LogP contribution in [0.3, 0.4) is 0 Å². The average molecular weight is 464 g/mol. The first-order valence-electron chi connectivity index (χ1n) is 10.4. The Labute approximate surface area is 188 Å². The van der Waals surface area contributed by atoms with Crippen LogP contribution in [0.25, 0.3) is 0 Å². The molecule has 31 heavy (non-hydrogen) atoms. The molecule has 0 unspecified atom stereocenters. The molecule has 0 atom stereocenters. The fraction of sp³-hybridized carbons (Fsp3) is 0.455. The van der Waals surface area contributed by atoms with Crippen molar-refractivity contribution in [2.75, 3.05) is 39.3 Å². The van der Waals surface area contributed by atoms with Crippen molar-refractivity contribution in [3.05, 3.63) is 52.2 Å². The lowest BCUT2D eigenvalue weighted by molar-refractivity contribution is -0.132. The molecular weight excluding hydrogens is 434 g/mol. The molecule has 0 aliphatic carbocycles. The molecule has 2 heterocycles. The lowest BCUT2D eigenvalue weighted by atomic mass is 10.1. The highest BCUT2D eigenvalue weighted by Crippen LogP contribution is 2.17. The number of carbonyl (C=O) groups is 2. The maximum atomic E-state index is 12.6. The van der Waals surface area contributed by atoms with E-state index < -0.39 is 15.1 Å². The van der Waals surface area contributed by atoms with Crippen molar-refractivity contribution in [2.24, 2.45) is 0 Å². The average Bonchev–Trinajstić information content (AvgIpc) is 3.29. The van der Waals surface area contributed by atoms with E-state index in [0.717, 1.165) is 25.2 Å². The summed E-state index contributed by atoms with van der Waals surface area (Å²) in [5, 5.41) is 4.34. The monoisotopic (exact) mass is 463 g/mol. The lowest BCUT2D eigenvalue weighted by Gasteiger charge is -2.34. The third-order valence-corrected chi connectivity index (χ3v) is 8.45. The molecule has 1 aromatic heterocycles. The van der Waals surface area contributed by atoms with Crippen molar-refractivity contribution >= 4 is 33.0 Å². The third kappa shape index (κ3) is 6.15. The molecule has 1 aromatic carbocycles. The molecule has 1 saturated heterocycles. The van der Waals surface area contributed by atoms with Gasteiger partial charge in [0.15, 0.2) is 9.84 Å². The normalized spacial score (nSPS) is 15.3. The second-order valence-corrected chi connectivity index (χ2v) is 11.3. The van der Waals surface area contributed by atoms with Gasteiger partial charge in [0.25, 0.3) is 5.91 Å². The van der Waals surface area contributed by atoms with E-state index in [1.54, 1.807) is 44.2 Å². The molecule has 7 nitrogen and oxygen atoms in total. The summed E-state index contributed by atoms with van der Waals surface area (Å²) in [6.45, 7) is 7.49. The van der Waals surface area contributed by atoms with Crippen molar-refractivity contribution in [1.82, 2.24) is 15.1 Å². The Hall–Kier alpha value is -2.23. The van der Waals surface area contributed by atoms with E-state index in [2.05, 4.69) is 10.2 Å². The minimum Gasteiger partial charge on any atom is -0.350 e. The largest absolute Gasteiger partial charge is 0.350 e. The lowest BCUT2D eigenvalue weighted by Crippen LogP contribution is -2.50. The molecule has 1 fully saturated rings. The molecule has 9 heteroatoms. The standard InChI is InChI=1S/C22H29N3O4S2/c1-17(2)31(28,29)19-7-5-18(6-8-19)16-21(26)25-13-11-24(12-14-25)10-9-23-22(27)20-4-3-15-30-20/h3-8,15,17H,9-14,16H2,1-2H3,(H,23,27). The highest BCUT2D eigenvalue weighted by Gasteiger charge is 2.22. The van der Waals surface area contributed by atoms with Crippen LogP contribution >= 0.6 is 11.3 Å². The van der Waals surface area contributed by atoms with Crippen LogP contribution in [0.2, 0.25) is 0 Å². The summed E-state index contributed by atoms with van der Waals surface area (Å²) in [5.41, 5.74) is 0.812. The Morgan fingerprint density at radius 1 is 1.06 bits per heavy atom. The van der Waals surface area contributed by atoms with Gasteiger partial charge in [-0.15, -0.1) is 11.3 Å². The van der Waals surface area contributed by atoms with Crippen molar-refractivity contribution in [3.63, 3.8) is 0 Å². The number of thiophene rings is 1. The van der Waals surface area contributed by atoms with Gasteiger partial charge in [0.2, 0.25) is 5.91 Å². The number of amides is 2. The van der Waals surface area contributed by atoms with E-state index in [1.807, 2.05) is 16.3 Å². The number of piperazine rings is 1. The Kier molecular flexibility index (Phi) is 7.85. The van der Waals surface area contributed by atoms with E-state index >= 15 is 0 Å². The Balaban J connectivity index is 1.41. The topological polar surface area (TPSA) is 86.8 Å². The Morgan fingerprint density at radius 2 is 1.74 bits per heavy atom. The van der Waals surface area contributed by atoms with Gasteiger partial charge in [-0.1, -0.05) is 18.2 Å². The first-order valence-corrected chi connectivity index (χ1v) is 12.8. The number of rotatable bonds is 8. The number of nitrogens with one attached hydrogen (secondary N) is 1. The summed E-state index contributed by atoms with van der Waals surface area (Å²) < 4.78 is 24.4. The summed E-state index contributed by atoms with van der Waals surface area (Å²) in [5.74, 6) is 0.00106. The number of nitrogens with zero attached hydrogens (tertiary/aromatic N) is 2. The minimum atomic E-state index is -3.30. The molecular formula is C22H29N3O4S2. The summed E-state index contributed by atoms with van der Waals surface area (Å²) in [7, 11) is -3.30. The molecule has 0 bridgehead atoms. The van der Waals surface area contributed by atoms with Gasteiger partial charge in [-0.05, 0) is 43.0 Å². The number of benzene rings is 1. The van der Waals surface area contributed by atoms with E-state index in [-0.39, 0.29) is 18.2 Å².